The summed E-state index contributed by atoms with van der Waals surface area (Å²) in [6.45, 7) is 3.48. The first-order chi connectivity index (χ1) is 13.2. The lowest BCUT2D eigenvalue weighted by Crippen LogP contribution is -2.49. The number of piperazine rings is 1. The number of hydrogen-bond acceptors (Lipinski definition) is 4. The maximum atomic E-state index is 12.8. The van der Waals surface area contributed by atoms with Crippen LogP contribution in [0.15, 0.2) is 36.4 Å². The molecule has 1 aliphatic rings. The van der Waals surface area contributed by atoms with Crippen LogP contribution in [0.25, 0.3) is 0 Å². The third-order valence-corrected chi connectivity index (χ3v) is 5.10. The summed E-state index contributed by atoms with van der Waals surface area (Å²) in [6.07, 6.45) is -4.10. The standard InChI is InChI=1S/C19H20ClF3N4O/c1-13(19(21,22)23)15-4-2-14(3-5-15)12-18(28)27-10-8-26(9-11-27)17-7-6-16(20)24-25-17/h2-7,13H,8-12H2,1H3. The van der Waals surface area contributed by atoms with Crippen LogP contribution in [0.2, 0.25) is 5.15 Å². The second-order valence-corrected chi connectivity index (χ2v) is 7.15. The molecule has 1 saturated heterocycles. The highest BCUT2D eigenvalue weighted by Gasteiger charge is 2.36. The Labute approximate surface area is 166 Å². The van der Waals surface area contributed by atoms with Crippen LogP contribution in [0.5, 0.6) is 0 Å². The molecule has 0 aliphatic carbocycles. The number of carbonyl (C=O) groups excluding carboxylic acids is 1. The topological polar surface area (TPSA) is 49.3 Å². The minimum absolute atomic E-state index is 0.0431. The van der Waals surface area contributed by atoms with E-state index in [-0.39, 0.29) is 17.9 Å². The average Bonchev–Trinajstić information content (AvgIpc) is 2.68. The Morgan fingerprint density at radius 1 is 1.07 bits per heavy atom. The van der Waals surface area contributed by atoms with Gasteiger partial charge < -0.3 is 9.80 Å². The maximum absolute atomic E-state index is 12.8. The number of amides is 1. The van der Waals surface area contributed by atoms with Gasteiger partial charge in [-0.25, -0.2) is 0 Å². The minimum Gasteiger partial charge on any atom is -0.352 e. The normalized spacial score (nSPS) is 16.2. The van der Waals surface area contributed by atoms with Gasteiger partial charge in [-0.15, -0.1) is 10.2 Å². The second kappa shape index (κ2) is 8.34. The molecule has 0 N–H and O–H groups in total. The number of alkyl halides is 3. The van der Waals surface area contributed by atoms with Crippen molar-refractivity contribution in [3.63, 3.8) is 0 Å². The molecular weight excluding hydrogens is 393 g/mol. The van der Waals surface area contributed by atoms with Crippen molar-refractivity contribution >= 4 is 23.3 Å². The van der Waals surface area contributed by atoms with Crippen molar-refractivity contribution < 1.29 is 18.0 Å². The molecule has 0 radical (unpaired) electrons. The zero-order valence-corrected chi connectivity index (χ0v) is 16.0. The second-order valence-electron chi connectivity index (χ2n) is 6.76. The number of rotatable bonds is 4. The van der Waals surface area contributed by atoms with E-state index in [2.05, 4.69) is 10.2 Å². The van der Waals surface area contributed by atoms with E-state index in [9.17, 15) is 18.0 Å². The predicted molar refractivity (Wildman–Crippen MR) is 100 cm³/mol. The maximum Gasteiger partial charge on any atom is 0.395 e. The van der Waals surface area contributed by atoms with E-state index < -0.39 is 12.1 Å². The molecule has 150 valence electrons. The minimum atomic E-state index is -4.27. The number of carbonyl (C=O) groups is 1. The van der Waals surface area contributed by atoms with E-state index in [0.717, 1.165) is 6.92 Å². The zero-order chi connectivity index (χ0) is 20.3. The van der Waals surface area contributed by atoms with Gasteiger partial charge in [-0.1, -0.05) is 35.9 Å². The van der Waals surface area contributed by atoms with Crippen LogP contribution in [0.1, 0.15) is 24.0 Å². The molecule has 1 fully saturated rings. The highest BCUT2D eigenvalue weighted by Crippen LogP contribution is 2.34. The Morgan fingerprint density at radius 2 is 1.71 bits per heavy atom. The zero-order valence-electron chi connectivity index (χ0n) is 15.3. The van der Waals surface area contributed by atoms with Gasteiger partial charge in [0.1, 0.15) is 0 Å². The number of hydrogen-bond donors (Lipinski definition) is 0. The third kappa shape index (κ3) is 4.92. The van der Waals surface area contributed by atoms with Crippen LogP contribution >= 0.6 is 11.6 Å². The SMILES string of the molecule is CC(c1ccc(CC(=O)N2CCN(c3ccc(Cl)nn3)CC2)cc1)C(F)(F)F. The molecular formula is C19H20ClF3N4O. The van der Waals surface area contributed by atoms with E-state index in [1.54, 1.807) is 29.2 Å². The first-order valence-corrected chi connectivity index (χ1v) is 9.29. The van der Waals surface area contributed by atoms with Crippen molar-refractivity contribution in [2.45, 2.75) is 25.4 Å². The fourth-order valence-corrected chi connectivity index (χ4v) is 3.16. The van der Waals surface area contributed by atoms with Crippen molar-refractivity contribution in [2.75, 3.05) is 31.1 Å². The van der Waals surface area contributed by atoms with Crippen molar-refractivity contribution in [2.24, 2.45) is 0 Å². The van der Waals surface area contributed by atoms with Crippen LogP contribution in [-0.2, 0) is 11.2 Å². The summed E-state index contributed by atoms with van der Waals surface area (Å²) in [5, 5.41) is 8.19. The van der Waals surface area contributed by atoms with E-state index in [0.29, 0.717) is 42.7 Å². The van der Waals surface area contributed by atoms with Crippen LogP contribution < -0.4 is 4.90 Å². The average molecular weight is 413 g/mol. The van der Waals surface area contributed by atoms with Gasteiger partial charge in [-0.3, -0.25) is 4.79 Å². The monoisotopic (exact) mass is 412 g/mol. The highest BCUT2D eigenvalue weighted by atomic mass is 35.5. The highest BCUT2D eigenvalue weighted by molar-refractivity contribution is 6.29. The van der Waals surface area contributed by atoms with Gasteiger partial charge in [0.25, 0.3) is 0 Å². The summed E-state index contributed by atoms with van der Waals surface area (Å²) in [5.41, 5.74) is 0.899. The molecule has 0 spiro atoms. The predicted octanol–water partition coefficient (Wildman–Crippen LogP) is 3.69. The van der Waals surface area contributed by atoms with Crippen molar-refractivity contribution in [1.82, 2.24) is 15.1 Å². The number of halogens is 4. The molecule has 0 saturated carbocycles. The molecule has 1 amide bonds. The summed E-state index contributed by atoms with van der Waals surface area (Å²) in [7, 11) is 0. The Bertz CT molecular complexity index is 803. The lowest BCUT2D eigenvalue weighted by molar-refractivity contribution is -0.146. The van der Waals surface area contributed by atoms with Crippen LogP contribution in [0.3, 0.4) is 0 Å². The summed E-state index contributed by atoms with van der Waals surface area (Å²) in [6, 6.07) is 9.53. The first-order valence-electron chi connectivity index (χ1n) is 8.91. The van der Waals surface area contributed by atoms with Gasteiger partial charge in [-0.05, 0) is 30.2 Å². The smallest absolute Gasteiger partial charge is 0.352 e. The van der Waals surface area contributed by atoms with Gasteiger partial charge in [0.2, 0.25) is 5.91 Å². The van der Waals surface area contributed by atoms with E-state index in [1.807, 2.05) is 4.90 Å². The van der Waals surface area contributed by atoms with E-state index in [1.165, 1.54) is 12.1 Å². The lowest BCUT2D eigenvalue weighted by Gasteiger charge is -2.35. The molecule has 1 atom stereocenters. The van der Waals surface area contributed by atoms with Crippen molar-refractivity contribution in [3.05, 3.63) is 52.7 Å². The Morgan fingerprint density at radius 3 is 2.25 bits per heavy atom. The quantitative estimate of drug-likeness (QED) is 0.768. The van der Waals surface area contributed by atoms with Gasteiger partial charge in [0, 0.05) is 26.2 Å². The molecule has 3 rings (SSSR count). The fourth-order valence-electron chi connectivity index (χ4n) is 3.06. The van der Waals surface area contributed by atoms with Gasteiger partial charge in [0.15, 0.2) is 11.0 Å². The molecule has 28 heavy (non-hydrogen) atoms. The number of nitrogens with zero attached hydrogens (tertiary/aromatic N) is 4. The summed E-state index contributed by atoms with van der Waals surface area (Å²) < 4.78 is 38.3. The van der Waals surface area contributed by atoms with Gasteiger partial charge in [-0.2, -0.15) is 13.2 Å². The number of anilines is 1. The van der Waals surface area contributed by atoms with Crippen molar-refractivity contribution in [3.8, 4) is 0 Å². The molecule has 2 aromatic rings. The number of benzene rings is 1. The largest absolute Gasteiger partial charge is 0.395 e. The number of aromatic nitrogens is 2. The Kier molecular flexibility index (Phi) is 6.07. The lowest BCUT2D eigenvalue weighted by atomic mass is 9.98. The Balaban J connectivity index is 1.54. The van der Waals surface area contributed by atoms with Gasteiger partial charge in [0.05, 0.1) is 12.3 Å². The Hall–Kier alpha value is -2.35. The molecule has 1 aromatic heterocycles. The fraction of sp³-hybridized carbons (Fsp3) is 0.421. The van der Waals surface area contributed by atoms with E-state index in [4.69, 9.17) is 11.6 Å². The third-order valence-electron chi connectivity index (χ3n) is 4.90. The molecule has 0 bridgehead atoms. The van der Waals surface area contributed by atoms with Crippen LogP contribution in [0.4, 0.5) is 19.0 Å². The molecule has 5 nitrogen and oxygen atoms in total. The van der Waals surface area contributed by atoms with E-state index >= 15 is 0 Å². The summed E-state index contributed by atoms with van der Waals surface area (Å²) in [4.78, 5) is 16.3. The van der Waals surface area contributed by atoms with Crippen LogP contribution in [-0.4, -0.2) is 53.4 Å². The molecule has 1 unspecified atom stereocenters. The van der Waals surface area contributed by atoms with Gasteiger partial charge >= 0.3 is 6.18 Å². The first kappa shape index (κ1) is 20.4. The molecule has 9 heteroatoms. The van der Waals surface area contributed by atoms with Crippen molar-refractivity contribution in [1.29, 1.82) is 0 Å². The molecule has 1 aromatic carbocycles. The summed E-state index contributed by atoms with van der Waals surface area (Å²) in [5.74, 6) is -0.856. The summed E-state index contributed by atoms with van der Waals surface area (Å²) >= 11 is 5.74. The molecule has 1 aliphatic heterocycles. The van der Waals surface area contributed by atoms with Crippen LogP contribution in [0, 0.1) is 0 Å². The molecule has 2 heterocycles.